The highest BCUT2D eigenvalue weighted by atomic mass is 35.5. The predicted octanol–water partition coefficient (Wildman–Crippen LogP) is 2.16. The van der Waals surface area contributed by atoms with Gasteiger partial charge in [0.1, 0.15) is 0 Å². The minimum atomic E-state index is 0. The van der Waals surface area contributed by atoms with Crippen molar-refractivity contribution in [2.75, 3.05) is 51.8 Å². The summed E-state index contributed by atoms with van der Waals surface area (Å²) in [6, 6.07) is 6.39. The average Bonchev–Trinajstić information content (AvgIpc) is 2.46. The van der Waals surface area contributed by atoms with Gasteiger partial charge in [-0.15, -0.1) is 12.4 Å². The molecule has 1 atom stereocenters. The average molecular weight is 334 g/mol. The zero-order valence-electron chi connectivity index (χ0n) is 12.7. The number of aliphatic hydroxyl groups excluding tert-OH is 1. The van der Waals surface area contributed by atoms with Gasteiger partial charge in [-0.2, -0.15) is 0 Å². The third kappa shape index (κ3) is 4.73. The van der Waals surface area contributed by atoms with Crippen molar-refractivity contribution in [2.45, 2.75) is 12.5 Å². The number of piperazine rings is 1. The SMILES string of the molecule is CN(C)c1ccc([C@@H](CCO)N2CCNCC2)c(Cl)c1.Cl. The van der Waals surface area contributed by atoms with Crippen LogP contribution in [0.5, 0.6) is 0 Å². The van der Waals surface area contributed by atoms with Crippen LogP contribution in [0.3, 0.4) is 0 Å². The Morgan fingerprint density at radius 1 is 1.33 bits per heavy atom. The molecule has 1 aromatic rings. The molecule has 0 unspecified atom stereocenters. The van der Waals surface area contributed by atoms with Crippen LogP contribution in [0.15, 0.2) is 18.2 Å². The van der Waals surface area contributed by atoms with E-state index >= 15 is 0 Å². The number of rotatable bonds is 5. The first-order valence-corrected chi connectivity index (χ1v) is 7.53. The quantitative estimate of drug-likeness (QED) is 0.866. The Kier molecular flexibility index (Phi) is 7.77. The number of aliphatic hydroxyl groups is 1. The second-order valence-corrected chi connectivity index (χ2v) is 5.82. The highest BCUT2D eigenvalue weighted by molar-refractivity contribution is 6.31. The standard InChI is InChI=1S/C15H24ClN3O.ClH/c1-18(2)12-3-4-13(14(16)11-12)15(5-10-20)19-8-6-17-7-9-19;/h3-4,11,15,17,20H,5-10H2,1-2H3;1H/t15-;/m1./s1. The fraction of sp³-hybridized carbons (Fsp3) is 0.600. The van der Waals surface area contributed by atoms with Gasteiger partial charge in [-0.3, -0.25) is 4.90 Å². The van der Waals surface area contributed by atoms with Gasteiger partial charge in [-0.25, -0.2) is 0 Å². The molecule has 0 saturated carbocycles. The van der Waals surface area contributed by atoms with Gasteiger partial charge < -0.3 is 15.3 Å². The lowest BCUT2D eigenvalue weighted by Crippen LogP contribution is -2.45. The van der Waals surface area contributed by atoms with E-state index in [0.717, 1.165) is 48.9 Å². The summed E-state index contributed by atoms with van der Waals surface area (Å²) in [5.41, 5.74) is 2.22. The van der Waals surface area contributed by atoms with Gasteiger partial charge in [0.05, 0.1) is 0 Å². The number of anilines is 1. The van der Waals surface area contributed by atoms with E-state index in [4.69, 9.17) is 11.6 Å². The van der Waals surface area contributed by atoms with Gasteiger partial charge in [0, 0.05) is 63.6 Å². The summed E-state index contributed by atoms with van der Waals surface area (Å²) in [5.74, 6) is 0. The molecule has 0 aliphatic carbocycles. The Hall–Kier alpha value is -0.520. The lowest BCUT2D eigenvalue weighted by Gasteiger charge is -2.35. The van der Waals surface area contributed by atoms with E-state index in [0.29, 0.717) is 0 Å². The molecular weight excluding hydrogens is 309 g/mol. The van der Waals surface area contributed by atoms with E-state index in [1.165, 1.54) is 0 Å². The van der Waals surface area contributed by atoms with Crippen molar-refractivity contribution in [1.29, 1.82) is 0 Å². The summed E-state index contributed by atoms with van der Waals surface area (Å²) >= 11 is 6.47. The Labute approximate surface area is 138 Å². The largest absolute Gasteiger partial charge is 0.396 e. The molecule has 0 aromatic heterocycles. The molecule has 21 heavy (non-hydrogen) atoms. The molecule has 1 saturated heterocycles. The van der Waals surface area contributed by atoms with E-state index in [2.05, 4.69) is 22.3 Å². The molecule has 4 nitrogen and oxygen atoms in total. The molecule has 1 fully saturated rings. The van der Waals surface area contributed by atoms with Crippen molar-refractivity contribution >= 4 is 29.7 Å². The van der Waals surface area contributed by atoms with Crippen LogP contribution in [0.2, 0.25) is 5.02 Å². The predicted molar refractivity (Wildman–Crippen MR) is 91.9 cm³/mol. The third-order valence-electron chi connectivity index (χ3n) is 3.85. The Bertz CT molecular complexity index is 437. The van der Waals surface area contributed by atoms with Crippen LogP contribution in [-0.4, -0.2) is 56.9 Å². The molecule has 1 aromatic carbocycles. The fourth-order valence-corrected chi connectivity index (χ4v) is 3.02. The van der Waals surface area contributed by atoms with Gasteiger partial charge >= 0.3 is 0 Å². The van der Waals surface area contributed by atoms with Crippen LogP contribution < -0.4 is 10.2 Å². The van der Waals surface area contributed by atoms with Crippen molar-refractivity contribution in [3.8, 4) is 0 Å². The molecule has 6 heteroatoms. The minimum absolute atomic E-state index is 0. The van der Waals surface area contributed by atoms with Crippen LogP contribution in [-0.2, 0) is 0 Å². The number of hydrogen-bond acceptors (Lipinski definition) is 4. The zero-order valence-corrected chi connectivity index (χ0v) is 14.3. The summed E-state index contributed by atoms with van der Waals surface area (Å²) in [7, 11) is 4.01. The molecule has 120 valence electrons. The molecule has 2 rings (SSSR count). The van der Waals surface area contributed by atoms with Crippen LogP contribution in [0.4, 0.5) is 5.69 Å². The summed E-state index contributed by atoms with van der Waals surface area (Å²) in [5, 5.41) is 13.5. The lowest BCUT2D eigenvalue weighted by molar-refractivity contribution is 0.141. The molecule has 1 aliphatic rings. The molecular formula is C15H25Cl2N3O. The van der Waals surface area contributed by atoms with Crippen molar-refractivity contribution in [3.63, 3.8) is 0 Å². The molecule has 2 N–H and O–H groups in total. The number of benzene rings is 1. The first-order chi connectivity index (χ1) is 9.63. The Morgan fingerprint density at radius 3 is 2.52 bits per heavy atom. The second kappa shape index (κ2) is 8.81. The van der Waals surface area contributed by atoms with Crippen molar-refractivity contribution in [3.05, 3.63) is 28.8 Å². The van der Waals surface area contributed by atoms with Crippen molar-refractivity contribution in [1.82, 2.24) is 10.2 Å². The van der Waals surface area contributed by atoms with E-state index in [-0.39, 0.29) is 25.1 Å². The second-order valence-electron chi connectivity index (χ2n) is 5.41. The minimum Gasteiger partial charge on any atom is -0.396 e. The third-order valence-corrected chi connectivity index (χ3v) is 4.18. The number of halogens is 2. The summed E-state index contributed by atoms with van der Waals surface area (Å²) in [6.07, 6.45) is 0.723. The smallest absolute Gasteiger partial charge is 0.0474 e. The Morgan fingerprint density at radius 2 is 2.00 bits per heavy atom. The highest BCUT2D eigenvalue weighted by Crippen LogP contribution is 2.32. The first-order valence-electron chi connectivity index (χ1n) is 7.16. The van der Waals surface area contributed by atoms with Crippen molar-refractivity contribution in [2.24, 2.45) is 0 Å². The topological polar surface area (TPSA) is 38.7 Å². The number of nitrogens with zero attached hydrogens (tertiary/aromatic N) is 2. The number of nitrogens with one attached hydrogen (secondary N) is 1. The first kappa shape index (κ1) is 18.5. The van der Waals surface area contributed by atoms with Crippen LogP contribution in [0.1, 0.15) is 18.0 Å². The van der Waals surface area contributed by atoms with E-state index in [9.17, 15) is 5.11 Å². The highest BCUT2D eigenvalue weighted by Gasteiger charge is 2.23. The van der Waals surface area contributed by atoms with E-state index < -0.39 is 0 Å². The van der Waals surface area contributed by atoms with Crippen LogP contribution in [0, 0.1) is 0 Å². The lowest BCUT2D eigenvalue weighted by atomic mass is 10.0. The van der Waals surface area contributed by atoms with Crippen LogP contribution >= 0.6 is 24.0 Å². The maximum Gasteiger partial charge on any atom is 0.0474 e. The number of hydrogen-bond donors (Lipinski definition) is 2. The zero-order chi connectivity index (χ0) is 14.5. The van der Waals surface area contributed by atoms with Gasteiger partial charge in [-0.1, -0.05) is 17.7 Å². The molecule has 0 radical (unpaired) electrons. The molecule has 1 aliphatic heterocycles. The maximum atomic E-state index is 9.37. The van der Waals surface area contributed by atoms with Gasteiger partial charge in [0.15, 0.2) is 0 Å². The Balaban J connectivity index is 0.00000220. The molecule has 0 bridgehead atoms. The monoisotopic (exact) mass is 333 g/mol. The van der Waals surface area contributed by atoms with E-state index in [1.54, 1.807) is 0 Å². The molecule has 1 heterocycles. The molecule has 0 amide bonds. The molecule has 0 spiro atoms. The summed E-state index contributed by atoms with van der Waals surface area (Å²) in [6.45, 7) is 4.16. The van der Waals surface area contributed by atoms with E-state index in [1.807, 2.05) is 25.1 Å². The summed E-state index contributed by atoms with van der Waals surface area (Å²) < 4.78 is 0. The van der Waals surface area contributed by atoms with Crippen LogP contribution in [0.25, 0.3) is 0 Å². The van der Waals surface area contributed by atoms with Gasteiger partial charge in [0.25, 0.3) is 0 Å². The maximum absolute atomic E-state index is 9.37. The van der Waals surface area contributed by atoms with Gasteiger partial charge in [0.2, 0.25) is 0 Å². The van der Waals surface area contributed by atoms with Gasteiger partial charge in [-0.05, 0) is 24.1 Å². The van der Waals surface area contributed by atoms with Crippen molar-refractivity contribution < 1.29 is 5.11 Å². The summed E-state index contributed by atoms with van der Waals surface area (Å²) in [4.78, 5) is 4.45. The normalized spacial score (nSPS) is 17.1. The fourth-order valence-electron chi connectivity index (χ4n) is 2.72.